The second kappa shape index (κ2) is 2.81. The van der Waals surface area contributed by atoms with E-state index in [9.17, 15) is 9.59 Å². The molecule has 12 heavy (non-hydrogen) atoms. The van der Waals surface area contributed by atoms with Gasteiger partial charge in [0.2, 0.25) is 0 Å². The maximum atomic E-state index is 11.2. The number of aromatic nitrogens is 1. The first kappa shape index (κ1) is 8.52. The van der Waals surface area contributed by atoms with Crippen LogP contribution >= 0.6 is 0 Å². The van der Waals surface area contributed by atoms with Gasteiger partial charge >= 0.3 is 0 Å². The molecule has 0 aliphatic carbocycles. The van der Waals surface area contributed by atoms with Crippen LogP contribution in [0.5, 0.6) is 0 Å². The molecule has 0 aliphatic rings. The van der Waals surface area contributed by atoms with Crippen molar-refractivity contribution in [3.8, 4) is 0 Å². The zero-order chi connectivity index (χ0) is 9.30. The van der Waals surface area contributed by atoms with Crippen LogP contribution in [0.1, 0.15) is 15.9 Å². The number of nitrogens with zero attached hydrogens (tertiary/aromatic N) is 1. The van der Waals surface area contributed by atoms with E-state index in [0.29, 0.717) is 0 Å². The van der Waals surface area contributed by atoms with Crippen LogP contribution in [0.25, 0.3) is 0 Å². The van der Waals surface area contributed by atoms with Crippen molar-refractivity contribution < 1.29 is 4.79 Å². The fourth-order valence-electron chi connectivity index (χ4n) is 1.06. The Kier molecular flexibility index (Phi) is 1.99. The van der Waals surface area contributed by atoms with Crippen LogP contribution in [-0.2, 0) is 7.05 Å². The highest BCUT2D eigenvalue weighted by Crippen LogP contribution is 1.96. The van der Waals surface area contributed by atoms with E-state index in [1.54, 1.807) is 20.2 Å². The number of amides is 1. The molecule has 1 aromatic heterocycles. The first-order valence-electron chi connectivity index (χ1n) is 3.49. The summed E-state index contributed by atoms with van der Waals surface area (Å²) in [4.78, 5) is 22.0. The zero-order valence-corrected chi connectivity index (χ0v) is 7.00. The average Bonchev–Trinajstić information content (AvgIpc) is 1.96. The summed E-state index contributed by atoms with van der Waals surface area (Å²) < 4.78 is 1.34. The largest absolute Gasteiger partial charge is 0.365 e. The number of carbonyl (C=O) groups excluding carboxylic acids is 1. The minimum absolute atomic E-state index is 0.0394. The Morgan fingerprint density at radius 2 is 2.17 bits per heavy atom. The number of primary amides is 1. The van der Waals surface area contributed by atoms with Crippen molar-refractivity contribution in [3.63, 3.8) is 0 Å². The van der Waals surface area contributed by atoms with E-state index in [-0.39, 0.29) is 11.1 Å². The number of hydrogen-bond acceptors (Lipinski definition) is 2. The lowest BCUT2D eigenvalue weighted by molar-refractivity contribution is 0.0998. The molecule has 0 aliphatic heterocycles. The Morgan fingerprint density at radius 3 is 2.67 bits per heavy atom. The predicted octanol–water partition coefficient (Wildman–Crippen LogP) is -0.207. The van der Waals surface area contributed by atoms with Crippen molar-refractivity contribution in [2.75, 3.05) is 0 Å². The molecule has 0 radical (unpaired) electrons. The number of nitrogens with two attached hydrogens (primary N) is 1. The van der Waals surface area contributed by atoms with Gasteiger partial charge in [-0.3, -0.25) is 9.59 Å². The molecule has 0 spiro atoms. The van der Waals surface area contributed by atoms with E-state index in [4.69, 9.17) is 5.73 Å². The van der Waals surface area contributed by atoms with Crippen LogP contribution in [0.15, 0.2) is 17.1 Å². The first-order chi connectivity index (χ1) is 5.52. The highest BCUT2D eigenvalue weighted by Gasteiger charge is 2.07. The Labute approximate surface area is 69.6 Å². The van der Waals surface area contributed by atoms with Gasteiger partial charge in [0.05, 0.1) is 0 Å². The lowest BCUT2D eigenvalue weighted by atomic mass is 10.2. The number of carbonyl (C=O) groups is 1. The van der Waals surface area contributed by atoms with Crippen molar-refractivity contribution in [1.82, 2.24) is 4.57 Å². The molecule has 1 rings (SSSR count). The third-order valence-corrected chi connectivity index (χ3v) is 1.59. The fourth-order valence-corrected chi connectivity index (χ4v) is 1.06. The molecule has 0 unspecified atom stereocenters. The van der Waals surface area contributed by atoms with E-state index in [1.165, 1.54) is 10.6 Å². The predicted molar refractivity (Wildman–Crippen MR) is 44.9 cm³/mol. The van der Waals surface area contributed by atoms with E-state index >= 15 is 0 Å². The van der Waals surface area contributed by atoms with E-state index in [0.717, 1.165) is 5.56 Å². The molecule has 0 aromatic carbocycles. The summed E-state index contributed by atoms with van der Waals surface area (Å²) in [6, 6.07) is 1.49. The van der Waals surface area contributed by atoms with Crippen molar-refractivity contribution >= 4 is 5.91 Å². The lowest BCUT2D eigenvalue weighted by Crippen LogP contribution is -2.27. The summed E-state index contributed by atoms with van der Waals surface area (Å²) in [6.07, 6.45) is 1.65. The molecule has 1 amide bonds. The third kappa shape index (κ3) is 1.37. The minimum atomic E-state index is -0.681. The maximum Gasteiger partial charge on any atom is 0.263 e. The van der Waals surface area contributed by atoms with Crippen molar-refractivity contribution in [2.24, 2.45) is 12.8 Å². The van der Waals surface area contributed by atoms with Gasteiger partial charge in [-0.15, -0.1) is 0 Å². The Bertz CT molecular complexity index is 379. The average molecular weight is 166 g/mol. The van der Waals surface area contributed by atoms with Crippen molar-refractivity contribution in [1.29, 1.82) is 0 Å². The van der Waals surface area contributed by atoms with Gasteiger partial charge in [0.1, 0.15) is 5.56 Å². The quantitative estimate of drug-likeness (QED) is 0.627. The highest BCUT2D eigenvalue weighted by atomic mass is 16.2. The molecule has 1 heterocycles. The topological polar surface area (TPSA) is 65.1 Å². The van der Waals surface area contributed by atoms with E-state index in [1.807, 2.05) is 0 Å². The van der Waals surface area contributed by atoms with Crippen LogP contribution in [0.2, 0.25) is 0 Å². The van der Waals surface area contributed by atoms with Gasteiger partial charge in [0.25, 0.3) is 11.5 Å². The molecular formula is C8H10N2O2. The highest BCUT2D eigenvalue weighted by molar-refractivity contribution is 5.92. The Morgan fingerprint density at radius 1 is 1.58 bits per heavy atom. The molecule has 0 saturated carbocycles. The standard InChI is InChI=1S/C8H10N2O2/c1-5-3-6(7(9)11)8(12)10(2)4-5/h3-4H,1-2H3,(H2,9,11). The minimum Gasteiger partial charge on any atom is -0.365 e. The number of aryl methyl sites for hydroxylation is 2. The zero-order valence-electron chi connectivity index (χ0n) is 7.00. The van der Waals surface area contributed by atoms with Gasteiger partial charge in [0.15, 0.2) is 0 Å². The van der Waals surface area contributed by atoms with Gasteiger partial charge in [0, 0.05) is 13.2 Å². The van der Waals surface area contributed by atoms with Crippen LogP contribution in [0, 0.1) is 6.92 Å². The molecule has 4 heteroatoms. The number of hydrogen-bond donors (Lipinski definition) is 1. The van der Waals surface area contributed by atoms with Crippen LogP contribution in [0.4, 0.5) is 0 Å². The van der Waals surface area contributed by atoms with Crippen molar-refractivity contribution in [3.05, 3.63) is 33.7 Å². The summed E-state index contributed by atoms with van der Waals surface area (Å²) in [5.41, 5.74) is 5.52. The first-order valence-corrected chi connectivity index (χ1v) is 3.49. The monoisotopic (exact) mass is 166 g/mol. The van der Waals surface area contributed by atoms with Gasteiger partial charge in [-0.05, 0) is 18.6 Å². The van der Waals surface area contributed by atoms with Gasteiger partial charge in [-0.2, -0.15) is 0 Å². The molecule has 1 aromatic rings. The lowest BCUT2D eigenvalue weighted by Gasteiger charge is -2.01. The van der Waals surface area contributed by atoms with Crippen LogP contribution in [0.3, 0.4) is 0 Å². The summed E-state index contributed by atoms with van der Waals surface area (Å²) in [5, 5.41) is 0. The third-order valence-electron chi connectivity index (χ3n) is 1.59. The smallest absolute Gasteiger partial charge is 0.263 e. The molecule has 64 valence electrons. The molecular weight excluding hydrogens is 156 g/mol. The fraction of sp³-hybridized carbons (Fsp3) is 0.250. The molecule has 0 atom stereocenters. The molecule has 0 bridgehead atoms. The van der Waals surface area contributed by atoms with Gasteiger partial charge in [-0.25, -0.2) is 0 Å². The second-order valence-electron chi connectivity index (χ2n) is 2.71. The molecule has 2 N–H and O–H groups in total. The summed E-state index contributed by atoms with van der Waals surface area (Å²) in [5.74, 6) is -0.681. The molecule has 0 saturated heterocycles. The molecule has 4 nitrogen and oxygen atoms in total. The SMILES string of the molecule is Cc1cc(C(N)=O)c(=O)n(C)c1. The number of pyridine rings is 1. The van der Waals surface area contributed by atoms with E-state index < -0.39 is 5.91 Å². The summed E-state index contributed by atoms with van der Waals surface area (Å²) in [6.45, 7) is 1.80. The van der Waals surface area contributed by atoms with Crippen LogP contribution in [-0.4, -0.2) is 10.5 Å². The van der Waals surface area contributed by atoms with Crippen LogP contribution < -0.4 is 11.3 Å². The maximum absolute atomic E-state index is 11.2. The number of rotatable bonds is 1. The Hall–Kier alpha value is -1.58. The van der Waals surface area contributed by atoms with Gasteiger partial charge in [-0.1, -0.05) is 0 Å². The molecule has 0 fully saturated rings. The summed E-state index contributed by atoms with van der Waals surface area (Å²) in [7, 11) is 1.59. The van der Waals surface area contributed by atoms with Crippen molar-refractivity contribution in [2.45, 2.75) is 6.92 Å². The van der Waals surface area contributed by atoms with Gasteiger partial charge < -0.3 is 10.3 Å². The Balaban J connectivity index is 3.49. The normalized spacial score (nSPS) is 9.83. The summed E-state index contributed by atoms with van der Waals surface area (Å²) >= 11 is 0. The second-order valence-corrected chi connectivity index (χ2v) is 2.71. The van der Waals surface area contributed by atoms with E-state index in [2.05, 4.69) is 0 Å².